The van der Waals surface area contributed by atoms with Crippen molar-refractivity contribution in [1.29, 1.82) is 5.26 Å². The predicted octanol–water partition coefficient (Wildman–Crippen LogP) is 2.84. The fraction of sp³-hybridized carbons (Fsp3) is 0.824. The molecule has 0 saturated heterocycles. The standard InChI is InChI=1S/C17H26N2O3/c18-13-17(10-4-1-5-11-17)19-15(20)12-22-16(21)9-8-14-6-2-3-7-14/h14H,1-12H2,(H,19,20). The van der Waals surface area contributed by atoms with Crippen molar-refractivity contribution in [3.8, 4) is 6.07 Å². The van der Waals surface area contributed by atoms with Crippen LogP contribution in [0.3, 0.4) is 0 Å². The van der Waals surface area contributed by atoms with Crippen molar-refractivity contribution in [2.24, 2.45) is 5.92 Å². The molecular formula is C17H26N2O3. The van der Waals surface area contributed by atoms with Crippen molar-refractivity contribution >= 4 is 11.9 Å². The van der Waals surface area contributed by atoms with Crippen LogP contribution in [0.2, 0.25) is 0 Å². The van der Waals surface area contributed by atoms with Gasteiger partial charge in [-0.05, 0) is 25.2 Å². The summed E-state index contributed by atoms with van der Waals surface area (Å²) in [6.07, 6.45) is 10.6. The van der Waals surface area contributed by atoms with Gasteiger partial charge in [0.15, 0.2) is 6.61 Å². The summed E-state index contributed by atoms with van der Waals surface area (Å²) in [7, 11) is 0. The van der Waals surface area contributed by atoms with E-state index in [1.165, 1.54) is 25.7 Å². The average molecular weight is 306 g/mol. The zero-order valence-corrected chi connectivity index (χ0v) is 13.2. The van der Waals surface area contributed by atoms with Crippen LogP contribution < -0.4 is 5.32 Å². The zero-order valence-electron chi connectivity index (χ0n) is 13.2. The van der Waals surface area contributed by atoms with Crippen molar-refractivity contribution in [1.82, 2.24) is 5.32 Å². The monoisotopic (exact) mass is 306 g/mol. The topological polar surface area (TPSA) is 79.2 Å². The predicted molar refractivity (Wildman–Crippen MR) is 81.7 cm³/mol. The van der Waals surface area contributed by atoms with Crippen molar-refractivity contribution in [2.75, 3.05) is 6.61 Å². The summed E-state index contributed by atoms with van der Waals surface area (Å²) in [5, 5.41) is 12.1. The van der Waals surface area contributed by atoms with Gasteiger partial charge in [0, 0.05) is 6.42 Å². The summed E-state index contributed by atoms with van der Waals surface area (Å²) in [5.41, 5.74) is -0.758. The van der Waals surface area contributed by atoms with Gasteiger partial charge in [-0.2, -0.15) is 5.26 Å². The highest BCUT2D eigenvalue weighted by Gasteiger charge is 2.33. The van der Waals surface area contributed by atoms with Crippen LogP contribution in [-0.4, -0.2) is 24.0 Å². The van der Waals surface area contributed by atoms with Gasteiger partial charge < -0.3 is 10.1 Å². The lowest BCUT2D eigenvalue weighted by Gasteiger charge is -2.31. The molecule has 0 aromatic rings. The van der Waals surface area contributed by atoms with E-state index in [1.807, 2.05) is 0 Å². The molecule has 2 aliphatic carbocycles. The molecule has 0 atom stereocenters. The molecule has 122 valence electrons. The van der Waals surface area contributed by atoms with Crippen LogP contribution >= 0.6 is 0 Å². The number of hydrogen-bond donors (Lipinski definition) is 1. The molecule has 2 saturated carbocycles. The zero-order chi connectivity index (χ0) is 15.8. The molecule has 2 rings (SSSR count). The van der Waals surface area contributed by atoms with Crippen LogP contribution in [0.1, 0.15) is 70.6 Å². The van der Waals surface area contributed by atoms with Crippen molar-refractivity contribution < 1.29 is 14.3 Å². The largest absolute Gasteiger partial charge is 0.456 e. The Morgan fingerprint density at radius 1 is 1.14 bits per heavy atom. The second-order valence-corrected chi connectivity index (χ2v) is 6.65. The first-order chi connectivity index (χ1) is 10.6. The molecular weight excluding hydrogens is 280 g/mol. The number of ether oxygens (including phenoxy) is 1. The molecule has 2 fully saturated rings. The third-order valence-electron chi connectivity index (χ3n) is 4.90. The van der Waals surface area contributed by atoms with Gasteiger partial charge in [-0.3, -0.25) is 9.59 Å². The third kappa shape index (κ3) is 5.01. The third-order valence-corrected chi connectivity index (χ3v) is 4.90. The summed E-state index contributed by atoms with van der Waals surface area (Å²) in [4.78, 5) is 23.6. The number of hydrogen-bond acceptors (Lipinski definition) is 4. The van der Waals surface area contributed by atoms with Crippen LogP contribution in [0.15, 0.2) is 0 Å². The molecule has 0 aromatic carbocycles. The van der Waals surface area contributed by atoms with Crippen molar-refractivity contribution in [2.45, 2.75) is 76.2 Å². The number of nitrogens with one attached hydrogen (secondary N) is 1. The number of esters is 1. The summed E-state index contributed by atoms with van der Waals surface area (Å²) >= 11 is 0. The highest BCUT2D eigenvalue weighted by molar-refractivity contribution is 5.81. The van der Waals surface area contributed by atoms with Gasteiger partial charge in [-0.25, -0.2) is 0 Å². The van der Waals surface area contributed by atoms with Crippen LogP contribution in [0.25, 0.3) is 0 Å². The molecule has 0 radical (unpaired) electrons. The van der Waals surface area contributed by atoms with Gasteiger partial charge in [0.2, 0.25) is 0 Å². The van der Waals surface area contributed by atoms with E-state index in [-0.39, 0.29) is 18.5 Å². The van der Waals surface area contributed by atoms with Gasteiger partial charge >= 0.3 is 5.97 Å². The molecule has 2 aliphatic rings. The van der Waals surface area contributed by atoms with E-state index in [9.17, 15) is 14.9 Å². The molecule has 0 aromatic heterocycles. The molecule has 1 amide bonds. The number of rotatable bonds is 6. The smallest absolute Gasteiger partial charge is 0.306 e. The Morgan fingerprint density at radius 3 is 2.45 bits per heavy atom. The van der Waals surface area contributed by atoms with E-state index in [1.54, 1.807) is 0 Å². The van der Waals surface area contributed by atoms with E-state index in [4.69, 9.17) is 4.74 Å². The Balaban J connectivity index is 1.66. The fourth-order valence-electron chi connectivity index (χ4n) is 3.56. The van der Waals surface area contributed by atoms with Gasteiger partial charge in [0.05, 0.1) is 6.07 Å². The van der Waals surface area contributed by atoms with Crippen molar-refractivity contribution in [3.05, 3.63) is 0 Å². The molecule has 22 heavy (non-hydrogen) atoms. The number of carbonyl (C=O) groups excluding carboxylic acids is 2. The first-order valence-electron chi connectivity index (χ1n) is 8.51. The Labute approximate surface area is 132 Å². The molecule has 5 heteroatoms. The van der Waals surface area contributed by atoms with Crippen LogP contribution in [0.4, 0.5) is 0 Å². The summed E-state index contributed by atoms with van der Waals surface area (Å²) in [6.45, 7) is -0.271. The molecule has 0 unspecified atom stereocenters. The van der Waals surface area contributed by atoms with Gasteiger partial charge in [0.1, 0.15) is 5.54 Å². The Bertz CT molecular complexity index is 430. The van der Waals surface area contributed by atoms with Crippen LogP contribution in [0, 0.1) is 17.2 Å². The first kappa shape index (κ1) is 16.8. The Kier molecular flexibility index (Phi) is 6.23. The fourth-order valence-corrected chi connectivity index (χ4v) is 3.56. The minimum absolute atomic E-state index is 0.271. The van der Waals surface area contributed by atoms with Gasteiger partial charge in [-0.1, -0.05) is 44.9 Å². The highest BCUT2D eigenvalue weighted by atomic mass is 16.5. The van der Waals surface area contributed by atoms with Crippen LogP contribution in [0.5, 0.6) is 0 Å². The summed E-state index contributed by atoms with van der Waals surface area (Å²) in [6, 6.07) is 2.23. The second kappa shape index (κ2) is 8.17. The SMILES string of the molecule is N#CC1(NC(=O)COC(=O)CCC2CCCC2)CCCCC1. The molecule has 0 bridgehead atoms. The van der Waals surface area contributed by atoms with E-state index < -0.39 is 5.54 Å². The van der Waals surface area contributed by atoms with E-state index in [0.717, 1.165) is 25.7 Å². The number of amides is 1. The molecule has 5 nitrogen and oxygen atoms in total. The summed E-state index contributed by atoms with van der Waals surface area (Å²) < 4.78 is 5.03. The van der Waals surface area contributed by atoms with E-state index in [0.29, 0.717) is 25.2 Å². The lowest BCUT2D eigenvalue weighted by Crippen LogP contribution is -2.50. The maximum Gasteiger partial charge on any atom is 0.306 e. The number of nitriles is 1. The quantitative estimate of drug-likeness (QED) is 0.765. The summed E-state index contributed by atoms with van der Waals surface area (Å²) in [5.74, 6) is -0.0279. The average Bonchev–Trinajstić information content (AvgIpc) is 3.05. The van der Waals surface area contributed by atoms with Crippen molar-refractivity contribution in [3.63, 3.8) is 0 Å². The van der Waals surface area contributed by atoms with E-state index in [2.05, 4.69) is 11.4 Å². The normalized spacial score (nSPS) is 21.0. The maximum atomic E-state index is 11.9. The molecule has 0 spiro atoms. The molecule has 1 N–H and O–H groups in total. The molecule has 0 aliphatic heterocycles. The number of nitrogens with zero attached hydrogens (tertiary/aromatic N) is 1. The van der Waals surface area contributed by atoms with Gasteiger partial charge in [-0.15, -0.1) is 0 Å². The Hall–Kier alpha value is -1.57. The highest BCUT2D eigenvalue weighted by Crippen LogP contribution is 2.29. The van der Waals surface area contributed by atoms with E-state index >= 15 is 0 Å². The minimum atomic E-state index is -0.758. The number of carbonyl (C=O) groups is 2. The lowest BCUT2D eigenvalue weighted by molar-refractivity contribution is -0.149. The van der Waals surface area contributed by atoms with Crippen LogP contribution in [-0.2, 0) is 14.3 Å². The van der Waals surface area contributed by atoms with Gasteiger partial charge in [0.25, 0.3) is 5.91 Å². The Morgan fingerprint density at radius 2 is 1.82 bits per heavy atom. The first-order valence-corrected chi connectivity index (χ1v) is 8.51. The maximum absolute atomic E-state index is 11.9. The lowest BCUT2D eigenvalue weighted by atomic mass is 9.83. The minimum Gasteiger partial charge on any atom is -0.456 e. The second-order valence-electron chi connectivity index (χ2n) is 6.65. The molecule has 0 heterocycles.